The highest BCUT2D eigenvalue weighted by Gasteiger charge is 2.20. The normalized spacial score (nSPS) is 11.4. The molecule has 0 saturated heterocycles. The minimum Gasteiger partial charge on any atom is -0.352 e. The lowest BCUT2D eigenvalue weighted by Gasteiger charge is -2.09. The Morgan fingerprint density at radius 3 is 2.52 bits per heavy atom. The fraction of sp³-hybridized carbons (Fsp3) is 0.500. The predicted molar refractivity (Wildman–Crippen MR) is 80.7 cm³/mol. The maximum atomic E-state index is 13.7. The van der Waals surface area contributed by atoms with Crippen LogP contribution in [0.1, 0.15) is 48.5 Å². The maximum Gasteiger partial charge on any atom is 0.261 e. The summed E-state index contributed by atoms with van der Waals surface area (Å²) in [4.78, 5) is 11.5. The van der Waals surface area contributed by atoms with Gasteiger partial charge in [-0.3, -0.25) is 4.79 Å². The van der Waals surface area contributed by atoms with Gasteiger partial charge in [-0.2, -0.15) is 0 Å². The van der Waals surface area contributed by atoms with Crippen molar-refractivity contribution in [1.82, 2.24) is 5.32 Å². The Labute approximate surface area is 129 Å². The number of nitrogens with one attached hydrogen (secondary N) is 1. The lowest BCUT2D eigenvalue weighted by Crippen LogP contribution is -2.25. The van der Waals surface area contributed by atoms with Crippen LogP contribution >= 0.6 is 10.7 Å². The summed E-state index contributed by atoms with van der Waals surface area (Å²) in [7, 11) is 1.16. The van der Waals surface area contributed by atoms with Gasteiger partial charge >= 0.3 is 0 Å². The molecule has 1 aromatic carbocycles. The molecule has 0 heterocycles. The second kappa shape index (κ2) is 7.75. The zero-order valence-corrected chi connectivity index (χ0v) is 13.7. The van der Waals surface area contributed by atoms with Crippen molar-refractivity contribution in [3.8, 4) is 0 Å². The van der Waals surface area contributed by atoms with Crippen molar-refractivity contribution in [2.45, 2.75) is 44.4 Å². The van der Waals surface area contributed by atoms with Crippen molar-refractivity contribution in [2.24, 2.45) is 0 Å². The van der Waals surface area contributed by atoms with Crippen LogP contribution in [0, 0.1) is 12.7 Å². The van der Waals surface area contributed by atoms with Gasteiger partial charge in [0.05, 0.1) is 4.90 Å². The second-order valence-electron chi connectivity index (χ2n) is 4.84. The molecule has 1 rings (SSSR count). The number of carbonyl (C=O) groups excluding carboxylic acids is 1. The lowest BCUT2D eigenvalue weighted by molar-refractivity contribution is 0.0952. The van der Waals surface area contributed by atoms with Gasteiger partial charge in [-0.25, -0.2) is 12.8 Å². The number of carbonyl (C=O) groups is 1. The van der Waals surface area contributed by atoms with Crippen molar-refractivity contribution in [3.63, 3.8) is 0 Å². The summed E-state index contributed by atoms with van der Waals surface area (Å²) < 4.78 is 36.5. The van der Waals surface area contributed by atoms with E-state index in [-0.39, 0.29) is 16.0 Å². The molecule has 21 heavy (non-hydrogen) atoms. The molecule has 0 bridgehead atoms. The molecule has 0 saturated carbocycles. The molecule has 1 aromatic rings. The fourth-order valence-electron chi connectivity index (χ4n) is 1.89. The molecule has 0 aliphatic heterocycles. The van der Waals surface area contributed by atoms with Gasteiger partial charge in [0.15, 0.2) is 0 Å². The number of amides is 1. The highest BCUT2D eigenvalue weighted by atomic mass is 35.7. The number of unbranched alkanes of at least 4 members (excludes halogenated alkanes) is 3. The molecule has 0 aliphatic carbocycles. The van der Waals surface area contributed by atoms with Crippen LogP contribution in [0.2, 0.25) is 0 Å². The molecule has 0 unspecified atom stereocenters. The zero-order valence-electron chi connectivity index (χ0n) is 12.1. The quantitative estimate of drug-likeness (QED) is 0.613. The zero-order chi connectivity index (χ0) is 16.0. The van der Waals surface area contributed by atoms with Crippen LogP contribution in [0.15, 0.2) is 17.0 Å². The summed E-state index contributed by atoms with van der Waals surface area (Å²) in [5.74, 6) is -1.28. The summed E-state index contributed by atoms with van der Waals surface area (Å²) >= 11 is 0. The van der Waals surface area contributed by atoms with Crippen LogP contribution in [0.5, 0.6) is 0 Å². The Kier molecular flexibility index (Phi) is 6.61. The average Bonchev–Trinajstić information content (AvgIpc) is 2.39. The number of rotatable bonds is 7. The lowest BCUT2D eigenvalue weighted by atomic mass is 10.1. The van der Waals surface area contributed by atoms with Crippen LogP contribution in [-0.2, 0) is 9.05 Å². The molecule has 7 heteroatoms. The highest BCUT2D eigenvalue weighted by Crippen LogP contribution is 2.23. The Morgan fingerprint density at radius 1 is 1.29 bits per heavy atom. The van der Waals surface area contributed by atoms with Crippen LogP contribution in [0.25, 0.3) is 0 Å². The number of halogens is 2. The highest BCUT2D eigenvalue weighted by molar-refractivity contribution is 8.13. The second-order valence-corrected chi connectivity index (χ2v) is 7.37. The van der Waals surface area contributed by atoms with Gasteiger partial charge in [0.1, 0.15) is 5.82 Å². The fourth-order valence-corrected chi connectivity index (χ4v) is 3.11. The molecule has 0 fully saturated rings. The predicted octanol–water partition coefficient (Wildman–Crippen LogP) is 3.37. The first-order valence-corrected chi connectivity index (χ1v) is 9.11. The Bertz CT molecular complexity index is 617. The van der Waals surface area contributed by atoms with E-state index in [4.69, 9.17) is 10.7 Å². The number of hydrogen-bond donors (Lipinski definition) is 1. The summed E-state index contributed by atoms with van der Waals surface area (Å²) in [6.45, 7) is 3.86. The van der Waals surface area contributed by atoms with E-state index in [1.54, 1.807) is 0 Å². The number of hydrogen-bond acceptors (Lipinski definition) is 3. The smallest absolute Gasteiger partial charge is 0.261 e. The largest absolute Gasteiger partial charge is 0.352 e. The van der Waals surface area contributed by atoms with Crippen molar-refractivity contribution in [2.75, 3.05) is 6.54 Å². The summed E-state index contributed by atoms with van der Waals surface area (Å²) in [5, 5.41) is 2.64. The first-order valence-electron chi connectivity index (χ1n) is 6.80. The van der Waals surface area contributed by atoms with Gasteiger partial charge in [-0.15, -0.1) is 0 Å². The Morgan fingerprint density at radius 2 is 1.95 bits per heavy atom. The molecule has 1 amide bonds. The first kappa shape index (κ1) is 17.9. The average molecular weight is 336 g/mol. The molecular formula is C14H19ClFNO3S. The van der Waals surface area contributed by atoms with E-state index < -0.39 is 20.8 Å². The minimum atomic E-state index is -4.09. The third-order valence-electron chi connectivity index (χ3n) is 3.14. The van der Waals surface area contributed by atoms with E-state index in [1.165, 1.54) is 6.92 Å². The summed E-state index contributed by atoms with van der Waals surface area (Å²) in [6.07, 6.45) is 4.01. The molecule has 0 aliphatic rings. The molecule has 118 valence electrons. The Hall–Kier alpha value is -1.14. The standard InChI is InChI=1S/C14H19ClFNO3S/c1-3-4-5-6-7-17-14(18)11-8-12(16)10(2)13(9-11)21(15,19)20/h8-9H,3-7H2,1-2H3,(H,17,18). The van der Waals surface area contributed by atoms with Gasteiger partial charge < -0.3 is 5.32 Å². The van der Waals surface area contributed by atoms with Crippen molar-refractivity contribution in [3.05, 3.63) is 29.1 Å². The molecule has 0 aromatic heterocycles. The molecule has 1 N–H and O–H groups in total. The van der Waals surface area contributed by atoms with E-state index >= 15 is 0 Å². The van der Waals surface area contributed by atoms with E-state index in [0.29, 0.717) is 6.54 Å². The van der Waals surface area contributed by atoms with E-state index in [1.807, 2.05) is 0 Å². The van der Waals surface area contributed by atoms with Gasteiger partial charge in [0.2, 0.25) is 0 Å². The summed E-state index contributed by atoms with van der Waals surface area (Å²) in [5.41, 5.74) is -0.141. The number of benzene rings is 1. The minimum absolute atomic E-state index is 0.0483. The molecular weight excluding hydrogens is 317 g/mol. The SMILES string of the molecule is CCCCCCNC(=O)c1cc(F)c(C)c(S(=O)(=O)Cl)c1. The molecule has 0 radical (unpaired) electrons. The van der Waals surface area contributed by atoms with Crippen molar-refractivity contribution in [1.29, 1.82) is 0 Å². The molecule has 4 nitrogen and oxygen atoms in total. The summed E-state index contributed by atoms with van der Waals surface area (Å²) in [6, 6.07) is 2.12. The third kappa shape index (κ3) is 5.28. The third-order valence-corrected chi connectivity index (χ3v) is 4.59. The first-order chi connectivity index (χ1) is 9.77. The van der Waals surface area contributed by atoms with Gasteiger partial charge in [0, 0.05) is 28.4 Å². The van der Waals surface area contributed by atoms with Crippen LogP contribution in [0.4, 0.5) is 4.39 Å². The van der Waals surface area contributed by atoms with Gasteiger partial charge in [0.25, 0.3) is 15.0 Å². The molecule has 0 spiro atoms. The van der Waals surface area contributed by atoms with Crippen molar-refractivity contribution < 1.29 is 17.6 Å². The van der Waals surface area contributed by atoms with E-state index in [9.17, 15) is 17.6 Å². The van der Waals surface area contributed by atoms with Crippen molar-refractivity contribution >= 4 is 25.6 Å². The Balaban J connectivity index is 2.84. The topological polar surface area (TPSA) is 63.2 Å². The van der Waals surface area contributed by atoms with E-state index in [0.717, 1.165) is 37.8 Å². The van der Waals surface area contributed by atoms with Crippen LogP contribution in [-0.4, -0.2) is 20.9 Å². The van der Waals surface area contributed by atoms with Gasteiger partial charge in [-0.1, -0.05) is 26.2 Å². The maximum absolute atomic E-state index is 13.7. The molecule has 0 atom stereocenters. The van der Waals surface area contributed by atoms with Crippen LogP contribution < -0.4 is 5.32 Å². The monoisotopic (exact) mass is 335 g/mol. The van der Waals surface area contributed by atoms with E-state index in [2.05, 4.69) is 12.2 Å². The van der Waals surface area contributed by atoms with Gasteiger partial charge in [-0.05, 0) is 25.5 Å². The van der Waals surface area contributed by atoms with Crippen LogP contribution in [0.3, 0.4) is 0 Å².